The van der Waals surface area contributed by atoms with Gasteiger partial charge in [-0.2, -0.15) is 0 Å². The molecule has 98 valence electrons. The molecular weight excluding hydrogens is 216 g/mol. The van der Waals surface area contributed by atoms with Gasteiger partial charge < -0.3 is 9.80 Å². The number of likely N-dealkylation sites (N-methyl/N-ethyl adjacent to an activating group) is 1. The number of nitrogens with zero attached hydrogens (tertiary/aromatic N) is 2. The summed E-state index contributed by atoms with van der Waals surface area (Å²) in [5, 5.41) is 0. The molecule has 0 aromatic heterocycles. The summed E-state index contributed by atoms with van der Waals surface area (Å²) in [6.07, 6.45) is 2.68. The van der Waals surface area contributed by atoms with Crippen LogP contribution >= 0.6 is 0 Å². The van der Waals surface area contributed by atoms with Crippen molar-refractivity contribution < 1.29 is 9.59 Å². The number of hydrogen-bond acceptors (Lipinski definition) is 3. The van der Waals surface area contributed by atoms with Crippen LogP contribution in [-0.2, 0) is 9.59 Å². The minimum Gasteiger partial charge on any atom is -0.340 e. The molecule has 1 aliphatic heterocycles. The Balaban J connectivity index is 2.55. The Kier molecular flexibility index (Phi) is 5.62. The van der Waals surface area contributed by atoms with E-state index in [1.165, 1.54) is 6.92 Å². The molecule has 0 aliphatic carbocycles. The topological polar surface area (TPSA) is 40.6 Å². The van der Waals surface area contributed by atoms with Crippen molar-refractivity contribution in [1.82, 2.24) is 9.80 Å². The van der Waals surface area contributed by atoms with Gasteiger partial charge in [0.1, 0.15) is 5.78 Å². The highest BCUT2D eigenvalue weighted by atomic mass is 16.2. The van der Waals surface area contributed by atoms with Gasteiger partial charge in [-0.3, -0.25) is 9.59 Å². The van der Waals surface area contributed by atoms with E-state index in [-0.39, 0.29) is 11.7 Å². The fourth-order valence-electron chi connectivity index (χ4n) is 2.16. The van der Waals surface area contributed by atoms with E-state index in [4.69, 9.17) is 0 Å². The first-order valence-corrected chi connectivity index (χ1v) is 6.54. The zero-order chi connectivity index (χ0) is 12.8. The molecule has 17 heavy (non-hydrogen) atoms. The van der Waals surface area contributed by atoms with Crippen LogP contribution in [0.25, 0.3) is 0 Å². The number of amides is 1. The Morgan fingerprint density at radius 2 is 1.76 bits per heavy atom. The molecule has 1 saturated heterocycles. The average molecular weight is 240 g/mol. The van der Waals surface area contributed by atoms with E-state index >= 15 is 0 Å². The molecule has 1 unspecified atom stereocenters. The van der Waals surface area contributed by atoms with Crippen molar-refractivity contribution in [3.63, 3.8) is 0 Å². The highest BCUT2D eigenvalue weighted by Crippen LogP contribution is 2.14. The zero-order valence-electron chi connectivity index (χ0n) is 11.2. The molecule has 0 N–H and O–H groups in total. The lowest BCUT2D eigenvalue weighted by Gasteiger charge is -2.34. The summed E-state index contributed by atoms with van der Waals surface area (Å²) in [5.41, 5.74) is 0. The SMILES string of the molecule is CCCCC(C(C)=O)C(=O)N1CCN(C)CC1. The van der Waals surface area contributed by atoms with Crippen molar-refractivity contribution in [2.45, 2.75) is 33.1 Å². The molecule has 1 amide bonds. The molecule has 0 aromatic rings. The number of carbonyl (C=O) groups is 2. The summed E-state index contributed by atoms with van der Waals surface area (Å²) in [6, 6.07) is 0. The van der Waals surface area contributed by atoms with E-state index in [0.717, 1.165) is 39.0 Å². The van der Waals surface area contributed by atoms with Crippen LogP contribution < -0.4 is 0 Å². The van der Waals surface area contributed by atoms with E-state index < -0.39 is 5.92 Å². The van der Waals surface area contributed by atoms with Gasteiger partial charge in [0.05, 0.1) is 5.92 Å². The first kappa shape index (κ1) is 14.2. The van der Waals surface area contributed by atoms with Gasteiger partial charge in [0.25, 0.3) is 0 Å². The molecule has 0 saturated carbocycles. The second kappa shape index (κ2) is 6.74. The Morgan fingerprint density at radius 1 is 1.18 bits per heavy atom. The minimum absolute atomic E-state index is 0.0161. The van der Waals surface area contributed by atoms with E-state index in [1.54, 1.807) is 0 Å². The van der Waals surface area contributed by atoms with Crippen LogP contribution in [0.15, 0.2) is 0 Å². The van der Waals surface area contributed by atoms with Crippen molar-refractivity contribution in [3.05, 3.63) is 0 Å². The molecule has 0 spiro atoms. The molecule has 4 nitrogen and oxygen atoms in total. The maximum Gasteiger partial charge on any atom is 0.233 e. The predicted molar refractivity (Wildman–Crippen MR) is 67.8 cm³/mol. The zero-order valence-corrected chi connectivity index (χ0v) is 11.2. The maximum absolute atomic E-state index is 12.2. The number of hydrogen-bond donors (Lipinski definition) is 0. The van der Waals surface area contributed by atoms with Gasteiger partial charge in [-0.1, -0.05) is 19.8 Å². The molecule has 1 aliphatic rings. The van der Waals surface area contributed by atoms with E-state index in [9.17, 15) is 9.59 Å². The van der Waals surface area contributed by atoms with Crippen LogP contribution in [0.2, 0.25) is 0 Å². The Morgan fingerprint density at radius 3 is 2.24 bits per heavy atom. The molecular formula is C13H24N2O2. The summed E-state index contributed by atoms with van der Waals surface area (Å²) in [4.78, 5) is 27.8. The number of rotatable bonds is 5. The van der Waals surface area contributed by atoms with Crippen LogP contribution in [0.3, 0.4) is 0 Å². The molecule has 1 fully saturated rings. The van der Waals surface area contributed by atoms with Gasteiger partial charge in [0, 0.05) is 26.2 Å². The third kappa shape index (κ3) is 4.11. The molecule has 4 heteroatoms. The van der Waals surface area contributed by atoms with Crippen molar-refractivity contribution in [3.8, 4) is 0 Å². The van der Waals surface area contributed by atoms with Crippen molar-refractivity contribution >= 4 is 11.7 Å². The molecule has 1 atom stereocenters. The van der Waals surface area contributed by atoms with Gasteiger partial charge in [0.2, 0.25) is 5.91 Å². The Bertz CT molecular complexity index is 271. The summed E-state index contributed by atoms with van der Waals surface area (Å²) >= 11 is 0. The lowest BCUT2D eigenvalue weighted by atomic mass is 9.96. The molecule has 1 heterocycles. The summed E-state index contributed by atoms with van der Waals surface area (Å²) in [6.45, 7) is 6.94. The Labute approximate surface area is 104 Å². The predicted octanol–water partition coefficient (Wildman–Crippen LogP) is 1.16. The largest absolute Gasteiger partial charge is 0.340 e. The van der Waals surface area contributed by atoms with Crippen LogP contribution in [0.1, 0.15) is 33.1 Å². The number of piperazine rings is 1. The third-order valence-corrected chi connectivity index (χ3v) is 3.45. The number of Topliss-reactive ketones (excluding diaryl/α,β-unsaturated/α-hetero) is 1. The highest BCUT2D eigenvalue weighted by molar-refractivity contribution is 6.00. The van der Waals surface area contributed by atoms with Crippen LogP contribution in [0.5, 0.6) is 0 Å². The first-order chi connectivity index (χ1) is 8.06. The normalized spacial score (nSPS) is 19.1. The fourth-order valence-corrected chi connectivity index (χ4v) is 2.16. The highest BCUT2D eigenvalue weighted by Gasteiger charge is 2.28. The quantitative estimate of drug-likeness (QED) is 0.677. The summed E-state index contributed by atoms with van der Waals surface area (Å²) < 4.78 is 0. The first-order valence-electron chi connectivity index (χ1n) is 6.54. The minimum atomic E-state index is -0.404. The van der Waals surface area contributed by atoms with Crippen molar-refractivity contribution in [1.29, 1.82) is 0 Å². The second-order valence-corrected chi connectivity index (χ2v) is 4.93. The smallest absolute Gasteiger partial charge is 0.233 e. The third-order valence-electron chi connectivity index (χ3n) is 3.45. The lowest BCUT2D eigenvalue weighted by Crippen LogP contribution is -2.49. The van der Waals surface area contributed by atoms with E-state index in [0.29, 0.717) is 6.42 Å². The Hall–Kier alpha value is -0.900. The van der Waals surface area contributed by atoms with Gasteiger partial charge in [-0.05, 0) is 20.4 Å². The number of carbonyl (C=O) groups excluding carboxylic acids is 2. The van der Waals surface area contributed by atoms with E-state index in [1.807, 2.05) is 4.90 Å². The molecule has 0 aromatic carbocycles. The van der Waals surface area contributed by atoms with Gasteiger partial charge in [-0.15, -0.1) is 0 Å². The number of ketones is 1. The van der Waals surface area contributed by atoms with Gasteiger partial charge in [0.15, 0.2) is 0 Å². The van der Waals surface area contributed by atoms with Crippen LogP contribution in [0.4, 0.5) is 0 Å². The van der Waals surface area contributed by atoms with E-state index in [2.05, 4.69) is 18.9 Å². The average Bonchev–Trinajstić information content (AvgIpc) is 2.29. The molecule has 0 radical (unpaired) electrons. The molecule has 1 rings (SSSR count). The molecule has 0 bridgehead atoms. The van der Waals surface area contributed by atoms with Crippen LogP contribution in [0, 0.1) is 5.92 Å². The second-order valence-electron chi connectivity index (χ2n) is 4.93. The maximum atomic E-state index is 12.2. The van der Waals surface area contributed by atoms with Gasteiger partial charge >= 0.3 is 0 Å². The number of unbranched alkanes of at least 4 members (excludes halogenated alkanes) is 1. The monoisotopic (exact) mass is 240 g/mol. The summed E-state index contributed by atoms with van der Waals surface area (Å²) in [5.74, 6) is -0.347. The standard InChI is InChI=1S/C13H24N2O2/c1-4-5-6-12(11(2)16)13(17)15-9-7-14(3)8-10-15/h12H,4-10H2,1-3H3. The van der Waals surface area contributed by atoms with Crippen molar-refractivity contribution in [2.75, 3.05) is 33.2 Å². The lowest BCUT2D eigenvalue weighted by molar-refractivity contribution is -0.142. The van der Waals surface area contributed by atoms with Gasteiger partial charge in [-0.25, -0.2) is 0 Å². The fraction of sp³-hybridized carbons (Fsp3) is 0.846. The summed E-state index contributed by atoms with van der Waals surface area (Å²) in [7, 11) is 2.06. The van der Waals surface area contributed by atoms with Crippen LogP contribution in [-0.4, -0.2) is 54.7 Å². The van der Waals surface area contributed by atoms with Crippen molar-refractivity contribution in [2.24, 2.45) is 5.92 Å².